The molecule has 0 aliphatic carbocycles. The molecule has 0 aliphatic rings. The number of carbonyl (C=O) groups excluding carboxylic acids is 1. The van der Waals surface area contributed by atoms with Gasteiger partial charge in [0.05, 0.1) is 29.5 Å². The van der Waals surface area contributed by atoms with Crippen molar-refractivity contribution in [3.63, 3.8) is 0 Å². The SMILES string of the molecule is COCc1ccc(C(=O)NCc2ccc(Oc3cccc(C#N)c3)cc2)c(N)n1. The summed E-state index contributed by atoms with van der Waals surface area (Å²) in [4.78, 5) is 16.5. The first-order valence-electron chi connectivity index (χ1n) is 8.88. The van der Waals surface area contributed by atoms with Crippen molar-refractivity contribution in [3.05, 3.63) is 83.0 Å². The molecule has 3 N–H and O–H groups in total. The van der Waals surface area contributed by atoms with E-state index >= 15 is 0 Å². The zero-order valence-electron chi connectivity index (χ0n) is 15.9. The average Bonchev–Trinajstić information content (AvgIpc) is 2.73. The lowest BCUT2D eigenvalue weighted by Gasteiger charge is -2.10. The van der Waals surface area contributed by atoms with Crippen LogP contribution in [0.5, 0.6) is 11.5 Å². The van der Waals surface area contributed by atoms with Gasteiger partial charge in [-0.15, -0.1) is 0 Å². The number of nitrogens with one attached hydrogen (secondary N) is 1. The summed E-state index contributed by atoms with van der Waals surface area (Å²) in [6.07, 6.45) is 0. The smallest absolute Gasteiger partial charge is 0.255 e. The molecular formula is C22H20N4O3. The van der Waals surface area contributed by atoms with Crippen molar-refractivity contribution in [2.75, 3.05) is 12.8 Å². The Balaban J connectivity index is 1.58. The highest BCUT2D eigenvalue weighted by molar-refractivity contribution is 5.98. The second-order valence-corrected chi connectivity index (χ2v) is 6.24. The summed E-state index contributed by atoms with van der Waals surface area (Å²) < 4.78 is 10.7. The lowest BCUT2D eigenvalue weighted by molar-refractivity contribution is 0.0951. The quantitative estimate of drug-likeness (QED) is 0.642. The summed E-state index contributed by atoms with van der Waals surface area (Å²) in [6.45, 7) is 0.670. The van der Waals surface area contributed by atoms with E-state index in [0.29, 0.717) is 41.5 Å². The topological polar surface area (TPSA) is 110 Å². The number of carbonyl (C=O) groups is 1. The molecule has 7 nitrogen and oxygen atoms in total. The van der Waals surface area contributed by atoms with Crippen molar-refractivity contribution in [2.45, 2.75) is 13.2 Å². The summed E-state index contributed by atoms with van der Waals surface area (Å²) in [7, 11) is 1.57. The van der Waals surface area contributed by atoms with Gasteiger partial charge in [-0.25, -0.2) is 4.98 Å². The van der Waals surface area contributed by atoms with Crippen LogP contribution in [0.1, 0.15) is 27.2 Å². The first kappa shape index (κ1) is 19.9. The third-order valence-corrected chi connectivity index (χ3v) is 4.09. The van der Waals surface area contributed by atoms with Gasteiger partial charge in [0.25, 0.3) is 5.91 Å². The number of nitrogen functional groups attached to an aromatic ring is 1. The number of nitriles is 1. The number of hydrogen-bond acceptors (Lipinski definition) is 6. The average molecular weight is 388 g/mol. The summed E-state index contributed by atoms with van der Waals surface area (Å²) in [5.74, 6) is 1.09. The van der Waals surface area contributed by atoms with E-state index in [1.54, 1.807) is 55.6 Å². The molecule has 1 heterocycles. The lowest BCUT2D eigenvalue weighted by atomic mass is 10.2. The number of benzene rings is 2. The van der Waals surface area contributed by atoms with E-state index in [0.717, 1.165) is 5.56 Å². The molecule has 0 unspecified atom stereocenters. The van der Waals surface area contributed by atoms with Gasteiger partial charge < -0.3 is 20.5 Å². The molecule has 0 fully saturated rings. The number of anilines is 1. The Hall–Kier alpha value is -3.89. The number of aromatic nitrogens is 1. The van der Waals surface area contributed by atoms with Gasteiger partial charge in [0.15, 0.2) is 0 Å². The fourth-order valence-corrected chi connectivity index (χ4v) is 2.66. The van der Waals surface area contributed by atoms with Crippen molar-refractivity contribution < 1.29 is 14.3 Å². The van der Waals surface area contributed by atoms with Crippen LogP contribution in [-0.2, 0) is 17.9 Å². The largest absolute Gasteiger partial charge is 0.457 e. The molecule has 7 heteroatoms. The Morgan fingerprint density at radius 2 is 1.93 bits per heavy atom. The summed E-state index contributed by atoms with van der Waals surface area (Å²) in [5.41, 5.74) is 8.29. The van der Waals surface area contributed by atoms with Crippen LogP contribution in [0.4, 0.5) is 5.82 Å². The lowest BCUT2D eigenvalue weighted by Crippen LogP contribution is -2.24. The van der Waals surface area contributed by atoms with Crippen LogP contribution in [-0.4, -0.2) is 18.0 Å². The molecule has 29 heavy (non-hydrogen) atoms. The summed E-state index contributed by atoms with van der Waals surface area (Å²) >= 11 is 0. The first-order chi connectivity index (χ1) is 14.1. The molecule has 0 radical (unpaired) electrons. The van der Waals surface area contributed by atoms with E-state index in [1.165, 1.54) is 0 Å². The van der Waals surface area contributed by atoms with Gasteiger partial charge in [0, 0.05) is 13.7 Å². The molecule has 1 amide bonds. The third kappa shape index (κ3) is 5.31. The van der Waals surface area contributed by atoms with Gasteiger partial charge in [-0.3, -0.25) is 4.79 Å². The van der Waals surface area contributed by atoms with E-state index in [4.69, 9.17) is 20.5 Å². The molecule has 0 aliphatic heterocycles. The molecule has 0 atom stereocenters. The number of amides is 1. The predicted octanol–water partition coefficient (Wildman–Crippen LogP) is 3.40. The fourth-order valence-electron chi connectivity index (χ4n) is 2.66. The van der Waals surface area contributed by atoms with Crippen LogP contribution >= 0.6 is 0 Å². The van der Waals surface area contributed by atoms with E-state index in [2.05, 4.69) is 16.4 Å². The molecule has 3 rings (SSSR count). The maximum atomic E-state index is 12.4. The summed E-state index contributed by atoms with van der Waals surface area (Å²) in [5, 5.41) is 11.8. The maximum absolute atomic E-state index is 12.4. The maximum Gasteiger partial charge on any atom is 0.255 e. The van der Waals surface area contributed by atoms with Crippen molar-refractivity contribution >= 4 is 11.7 Å². The minimum atomic E-state index is -0.299. The van der Waals surface area contributed by atoms with Crippen molar-refractivity contribution in [1.82, 2.24) is 10.3 Å². The van der Waals surface area contributed by atoms with Gasteiger partial charge in [-0.2, -0.15) is 5.26 Å². The van der Waals surface area contributed by atoms with Crippen LogP contribution < -0.4 is 15.8 Å². The predicted molar refractivity (Wildman–Crippen MR) is 108 cm³/mol. The third-order valence-electron chi connectivity index (χ3n) is 4.09. The zero-order chi connectivity index (χ0) is 20.6. The molecule has 3 aromatic rings. The van der Waals surface area contributed by atoms with Crippen LogP contribution in [0.3, 0.4) is 0 Å². The number of rotatable bonds is 7. The minimum Gasteiger partial charge on any atom is -0.457 e. The number of hydrogen-bond donors (Lipinski definition) is 2. The van der Waals surface area contributed by atoms with Crippen LogP contribution in [0.25, 0.3) is 0 Å². The Morgan fingerprint density at radius 1 is 1.14 bits per heavy atom. The highest BCUT2D eigenvalue weighted by Crippen LogP contribution is 2.22. The Kier molecular flexibility index (Phi) is 6.40. The van der Waals surface area contributed by atoms with E-state index in [1.807, 2.05) is 12.1 Å². The fraction of sp³-hybridized carbons (Fsp3) is 0.136. The van der Waals surface area contributed by atoms with Crippen LogP contribution in [0, 0.1) is 11.3 Å². The zero-order valence-corrected chi connectivity index (χ0v) is 15.9. The Labute approximate surface area is 168 Å². The molecule has 2 aromatic carbocycles. The van der Waals surface area contributed by atoms with E-state index in [-0.39, 0.29) is 11.7 Å². The van der Waals surface area contributed by atoms with Gasteiger partial charge in [-0.05, 0) is 48.0 Å². The van der Waals surface area contributed by atoms with Gasteiger partial charge in [0.2, 0.25) is 0 Å². The second kappa shape index (κ2) is 9.35. The van der Waals surface area contributed by atoms with Crippen molar-refractivity contribution in [1.29, 1.82) is 5.26 Å². The normalized spacial score (nSPS) is 10.2. The Bertz CT molecular complexity index is 1040. The molecule has 0 bridgehead atoms. The molecular weight excluding hydrogens is 368 g/mol. The standard InChI is InChI=1S/C22H20N4O3/c1-28-14-17-7-10-20(21(24)26-17)22(27)25-13-15-5-8-18(9-6-15)29-19-4-2-3-16(11-19)12-23/h2-11H,13-14H2,1H3,(H2,24,26)(H,25,27). The van der Waals surface area contributed by atoms with Gasteiger partial charge in [-0.1, -0.05) is 18.2 Å². The number of nitrogens with zero attached hydrogens (tertiary/aromatic N) is 2. The molecule has 0 saturated carbocycles. The monoisotopic (exact) mass is 388 g/mol. The molecule has 0 spiro atoms. The van der Waals surface area contributed by atoms with Crippen LogP contribution in [0.15, 0.2) is 60.7 Å². The minimum absolute atomic E-state index is 0.167. The Morgan fingerprint density at radius 3 is 2.62 bits per heavy atom. The highest BCUT2D eigenvalue weighted by atomic mass is 16.5. The number of ether oxygens (including phenoxy) is 2. The second-order valence-electron chi connectivity index (χ2n) is 6.24. The molecule has 0 saturated heterocycles. The molecule has 1 aromatic heterocycles. The number of nitrogens with two attached hydrogens (primary N) is 1. The van der Waals surface area contributed by atoms with Gasteiger partial charge in [0.1, 0.15) is 17.3 Å². The summed E-state index contributed by atoms with van der Waals surface area (Å²) in [6, 6.07) is 19.7. The van der Waals surface area contributed by atoms with E-state index < -0.39 is 0 Å². The van der Waals surface area contributed by atoms with Crippen LogP contribution in [0.2, 0.25) is 0 Å². The number of methoxy groups -OCH3 is 1. The van der Waals surface area contributed by atoms with Crippen molar-refractivity contribution in [2.24, 2.45) is 0 Å². The van der Waals surface area contributed by atoms with E-state index in [9.17, 15) is 4.79 Å². The molecule has 146 valence electrons. The van der Waals surface area contributed by atoms with Crippen molar-refractivity contribution in [3.8, 4) is 17.6 Å². The van der Waals surface area contributed by atoms with Gasteiger partial charge >= 0.3 is 0 Å². The highest BCUT2D eigenvalue weighted by Gasteiger charge is 2.11. The first-order valence-corrected chi connectivity index (χ1v) is 8.88. The number of pyridine rings is 1.